The molecule has 5 heteroatoms. The minimum absolute atomic E-state index is 0.484. The summed E-state index contributed by atoms with van der Waals surface area (Å²) in [4.78, 5) is 0. The topological polar surface area (TPSA) is 9.23 Å². The van der Waals surface area contributed by atoms with Gasteiger partial charge in [0, 0.05) is 9.50 Å². The van der Waals surface area contributed by atoms with Crippen molar-refractivity contribution in [1.82, 2.24) is 0 Å². The number of alkyl halides is 2. The minimum Gasteiger partial charge on any atom is -0.494 e. The molecule has 2 aromatic rings. The van der Waals surface area contributed by atoms with Crippen LogP contribution in [0.15, 0.2) is 46.9 Å². The molecule has 0 aliphatic heterocycles. The van der Waals surface area contributed by atoms with Gasteiger partial charge in [-0.3, -0.25) is 0 Å². The lowest BCUT2D eigenvalue weighted by Gasteiger charge is -2.21. The van der Waals surface area contributed by atoms with Gasteiger partial charge >= 0.3 is 0 Å². The Bertz CT molecular complexity index is 700. The van der Waals surface area contributed by atoms with Gasteiger partial charge in [0.05, 0.1) is 12.0 Å². The molecule has 0 radical (unpaired) electrons. The monoisotopic (exact) mass is 418 g/mol. The van der Waals surface area contributed by atoms with Crippen LogP contribution in [0.1, 0.15) is 24.5 Å². The molecule has 1 nitrogen and oxygen atoms in total. The van der Waals surface area contributed by atoms with Crippen LogP contribution in [0.3, 0.4) is 0 Å². The van der Waals surface area contributed by atoms with Crippen LogP contribution in [0.5, 0.6) is 5.75 Å². The van der Waals surface area contributed by atoms with Gasteiger partial charge in [0.15, 0.2) is 0 Å². The van der Waals surface area contributed by atoms with E-state index in [1.54, 1.807) is 0 Å². The van der Waals surface area contributed by atoms with Gasteiger partial charge in [-0.1, -0.05) is 39.7 Å². The van der Waals surface area contributed by atoms with E-state index in [4.69, 9.17) is 39.5 Å². The molecule has 0 saturated heterocycles. The van der Waals surface area contributed by atoms with E-state index in [2.05, 4.69) is 15.9 Å². The molecule has 0 bridgehead atoms. The first-order chi connectivity index (χ1) is 10.4. The van der Waals surface area contributed by atoms with Crippen LogP contribution in [-0.4, -0.2) is 10.9 Å². The summed E-state index contributed by atoms with van der Waals surface area (Å²) in [5.74, 6) is 0.831. The molecule has 1 atom stereocenters. The Morgan fingerprint density at radius 2 is 1.77 bits per heavy atom. The summed E-state index contributed by atoms with van der Waals surface area (Å²) >= 11 is 22.9. The van der Waals surface area contributed by atoms with Crippen LogP contribution in [0.4, 0.5) is 0 Å². The highest BCUT2D eigenvalue weighted by Gasteiger charge is 2.68. The van der Waals surface area contributed by atoms with E-state index in [0.717, 1.165) is 21.3 Å². The van der Waals surface area contributed by atoms with Crippen molar-refractivity contribution < 1.29 is 4.74 Å². The molecule has 0 amide bonds. The van der Waals surface area contributed by atoms with Gasteiger partial charge in [0.25, 0.3) is 0 Å². The molecule has 1 aliphatic rings. The molecule has 116 valence electrons. The van der Waals surface area contributed by atoms with E-state index in [1.807, 2.05) is 49.4 Å². The van der Waals surface area contributed by atoms with Crippen molar-refractivity contribution in [2.45, 2.75) is 23.1 Å². The molecule has 1 aliphatic carbocycles. The lowest BCUT2D eigenvalue weighted by atomic mass is 9.88. The molecular weight excluding hydrogens is 406 g/mol. The lowest BCUT2D eigenvalue weighted by Crippen LogP contribution is -2.17. The Morgan fingerprint density at radius 1 is 1.14 bits per heavy atom. The maximum atomic E-state index is 6.52. The van der Waals surface area contributed by atoms with Crippen molar-refractivity contribution in [3.8, 4) is 5.75 Å². The van der Waals surface area contributed by atoms with Crippen LogP contribution in [0.25, 0.3) is 0 Å². The standard InChI is InChI=1S/C17H14BrCl3O/c1-2-22-13-6-3-11(4-7-13)16(10-17(16,20)21)14-9-12(18)5-8-15(14)19/h3-9H,2,10H2,1H3/t16-/m0/s1. The second kappa shape index (κ2) is 5.90. The molecule has 3 rings (SSSR count). The minimum atomic E-state index is -0.857. The predicted octanol–water partition coefficient (Wildman–Crippen LogP) is 6.36. The van der Waals surface area contributed by atoms with Gasteiger partial charge in [-0.25, -0.2) is 0 Å². The van der Waals surface area contributed by atoms with Crippen molar-refractivity contribution in [3.63, 3.8) is 0 Å². The van der Waals surface area contributed by atoms with E-state index >= 15 is 0 Å². The zero-order chi connectivity index (χ0) is 16.0. The summed E-state index contributed by atoms with van der Waals surface area (Å²) in [6, 6.07) is 13.7. The number of ether oxygens (including phenoxy) is 1. The third-order valence-electron chi connectivity index (χ3n) is 4.03. The van der Waals surface area contributed by atoms with E-state index in [1.165, 1.54) is 0 Å². The first-order valence-electron chi connectivity index (χ1n) is 6.97. The van der Waals surface area contributed by atoms with Gasteiger partial charge in [-0.05, 0) is 54.8 Å². The Morgan fingerprint density at radius 3 is 2.32 bits per heavy atom. The van der Waals surface area contributed by atoms with Crippen LogP contribution >= 0.6 is 50.7 Å². The van der Waals surface area contributed by atoms with Crippen molar-refractivity contribution in [3.05, 3.63) is 63.1 Å². The Labute approximate surface area is 153 Å². The molecule has 0 unspecified atom stereocenters. The highest BCUT2D eigenvalue weighted by Crippen LogP contribution is 2.69. The predicted molar refractivity (Wildman–Crippen MR) is 96.6 cm³/mol. The Kier molecular flexibility index (Phi) is 4.41. The maximum absolute atomic E-state index is 6.52. The largest absolute Gasteiger partial charge is 0.494 e. The van der Waals surface area contributed by atoms with Crippen LogP contribution in [0.2, 0.25) is 5.02 Å². The summed E-state index contributed by atoms with van der Waals surface area (Å²) in [6.07, 6.45) is 0.632. The van der Waals surface area contributed by atoms with E-state index in [9.17, 15) is 0 Å². The van der Waals surface area contributed by atoms with E-state index < -0.39 is 9.75 Å². The number of halogens is 4. The number of rotatable bonds is 4. The van der Waals surface area contributed by atoms with E-state index in [-0.39, 0.29) is 0 Å². The fraction of sp³-hybridized carbons (Fsp3) is 0.294. The molecule has 0 spiro atoms. The van der Waals surface area contributed by atoms with Crippen molar-refractivity contribution >= 4 is 50.7 Å². The van der Waals surface area contributed by atoms with Gasteiger partial charge in [-0.15, -0.1) is 23.2 Å². The normalized spacial score (nSPS) is 22.4. The smallest absolute Gasteiger partial charge is 0.133 e. The Balaban J connectivity index is 2.08. The summed E-state index contributed by atoms with van der Waals surface area (Å²) in [7, 11) is 0. The fourth-order valence-electron chi connectivity index (χ4n) is 2.88. The van der Waals surface area contributed by atoms with Crippen molar-refractivity contribution in [2.75, 3.05) is 6.61 Å². The van der Waals surface area contributed by atoms with E-state index in [0.29, 0.717) is 18.1 Å². The molecule has 22 heavy (non-hydrogen) atoms. The summed E-state index contributed by atoms with van der Waals surface area (Å²) in [5.41, 5.74) is 1.50. The van der Waals surface area contributed by atoms with Crippen LogP contribution in [-0.2, 0) is 5.41 Å². The van der Waals surface area contributed by atoms with Crippen molar-refractivity contribution in [2.24, 2.45) is 0 Å². The van der Waals surface area contributed by atoms with Gasteiger partial charge in [0.1, 0.15) is 10.1 Å². The number of hydrogen-bond acceptors (Lipinski definition) is 1. The molecular formula is C17H14BrCl3O. The first-order valence-corrected chi connectivity index (χ1v) is 8.90. The summed E-state index contributed by atoms with van der Waals surface area (Å²) in [6.45, 7) is 2.59. The first kappa shape index (κ1) is 16.4. The van der Waals surface area contributed by atoms with Gasteiger partial charge < -0.3 is 4.74 Å². The zero-order valence-corrected chi connectivity index (χ0v) is 15.7. The molecule has 0 aromatic heterocycles. The molecule has 0 heterocycles. The quantitative estimate of drug-likeness (QED) is 0.523. The summed E-state index contributed by atoms with van der Waals surface area (Å²) in [5, 5.41) is 0.667. The second-order valence-electron chi connectivity index (χ2n) is 5.37. The molecule has 1 saturated carbocycles. The molecule has 1 fully saturated rings. The number of hydrogen-bond donors (Lipinski definition) is 0. The molecule has 0 N–H and O–H groups in total. The summed E-state index contributed by atoms with van der Waals surface area (Å²) < 4.78 is 5.59. The third kappa shape index (κ3) is 2.65. The fourth-order valence-corrected chi connectivity index (χ4v) is 4.34. The highest BCUT2D eigenvalue weighted by atomic mass is 79.9. The van der Waals surface area contributed by atoms with Gasteiger partial charge in [-0.2, -0.15) is 0 Å². The van der Waals surface area contributed by atoms with Gasteiger partial charge in [0.2, 0.25) is 0 Å². The average Bonchev–Trinajstić information content (AvgIpc) is 3.06. The average molecular weight is 421 g/mol. The Hall–Kier alpha value is -0.410. The lowest BCUT2D eigenvalue weighted by molar-refractivity contribution is 0.340. The third-order valence-corrected chi connectivity index (χ3v) is 5.77. The van der Waals surface area contributed by atoms with Crippen LogP contribution < -0.4 is 4.74 Å². The molecule has 2 aromatic carbocycles. The highest BCUT2D eigenvalue weighted by molar-refractivity contribution is 9.10. The SMILES string of the molecule is CCOc1ccc([C@]2(c3cc(Br)ccc3Cl)CC2(Cl)Cl)cc1. The second-order valence-corrected chi connectivity index (χ2v) is 8.17. The van der Waals surface area contributed by atoms with Crippen LogP contribution in [0, 0.1) is 0 Å². The van der Waals surface area contributed by atoms with Crippen molar-refractivity contribution in [1.29, 1.82) is 0 Å². The zero-order valence-electron chi connectivity index (χ0n) is 11.9. The number of benzene rings is 2. The maximum Gasteiger partial charge on any atom is 0.133 e.